The van der Waals surface area contributed by atoms with Gasteiger partial charge in [0.25, 0.3) is 0 Å². The molecule has 0 spiro atoms. The van der Waals surface area contributed by atoms with Gasteiger partial charge >= 0.3 is 0 Å². The van der Waals surface area contributed by atoms with Gasteiger partial charge in [-0.3, -0.25) is 0 Å². The van der Waals surface area contributed by atoms with E-state index >= 15 is 0 Å². The number of quaternary nitrogens is 1. The summed E-state index contributed by atoms with van der Waals surface area (Å²) in [6.07, 6.45) is 0. The van der Waals surface area contributed by atoms with Gasteiger partial charge in [0.05, 0.1) is 19.3 Å². The van der Waals surface area contributed by atoms with Gasteiger partial charge in [-0.2, -0.15) is 0 Å². The van der Waals surface area contributed by atoms with Crippen LogP contribution >= 0.6 is 0 Å². The number of nitrogens with two attached hydrogens (primary N) is 1. The SMILES string of the molecule is CCOc1cccc(C[NH2+]Cc2ccc(OC)cc2)c1OCc1ccccc1. The molecule has 4 nitrogen and oxygen atoms in total. The third-order valence-electron chi connectivity index (χ3n) is 4.49. The smallest absolute Gasteiger partial charge is 0.170 e. The number of benzene rings is 3. The summed E-state index contributed by atoms with van der Waals surface area (Å²) in [5.74, 6) is 2.51. The van der Waals surface area contributed by atoms with Crippen LogP contribution in [0, 0.1) is 0 Å². The van der Waals surface area contributed by atoms with E-state index in [1.165, 1.54) is 5.56 Å². The Bertz CT molecular complexity index is 847. The van der Waals surface area contributed by atoms with Crippen molar-refractivity contribution in [1.82, 2.24) is 0 Å². The standard InChI is InChI=1S/C24H27NO3/c1-3-27-23-11-7-10-21(24(23)28-18-20-8-5-4-6-9-20)17-25-16-19-12-14-22(26-2)15-13-19/h4-15,25H,3,16-18H2,1-2H3/p+1. The van der Waals surface area contributed by atoms with Crippen molar-refractivity contribution in [2.24, 2.45) is 0 Å². The molecule has 146 valence electrons. The fourth-order valence-electron chi connectivity index (χ4n) is 3.04. The van der Waals surface area contributed by atoms with Crippen LogP contribution in [0.5, 0.6) is 17.2 Å². The van der Waals surface area contributed by atoms with E-state index in [0.717, 1.165) is 41.5 Å². The molecule has 0 unspecified atom stereocenters. The molecule has 0 heterocycles. The van der Waals surface area contributed by atoms with Crippen LogP contribution in [0.1, 0.15) is 23.6 Å². The highest BCUT2D eigenvalue weighted by Crippen LogP contribution is 2.31. The summed E-state index contributed by atoms with van der Waals surface area (Å²) in [5.41, 5.74) is 3.53. The monoisotopic (exact) mass is 378 g/mol. The van der Waals surface area contributed by atoms with E-state index in [1.54, 1.807) is 7.11 Å². The maximum Gasteiger partial charge on any atom is 0.170 e. The summed E-state index contributed by atoms with van der Waals surface area (Å²) >= 11 is 0. The molecular weight excluding hydrogens is 350 g/mol. The third kappa shape index (κ3) is 5.51. The van der Waals surface area contributed by atoms with E-state index < -0.39 is 0 Å². The second-order valence-corrected chi connectivity index (χ2v) is 6.50. The lowest BCUT2D eigenvalue weighted by molar-refractivity contribution is -0.686. The Balaban J connectivity index is 1.67. The average Bonchev–Trinajstić information content (AvgIpc) is 2.74. The molecule has 3 rings (SSSR count). The minimum atomic E-state index is 0.524. The summed E-state index contributed by atoms with van der Waals surface area (Å²) in [7, 11) is 1.68. The van der Waals surface area contributed by atoms with E-state index in [9.17, 15) is 0 Å². The van der Waals surface area contributed by atoms with Crippen molar-refractivity contribution < 1.29 is 19.5 Å². The van der Waals surface area contributed by atoms with Gasteiger partial charge in [0, 0.05) is 5.56 Å². The van der Waals surface area contributed by atoms with Gasteiger partial charge in [-0.05, 0) is 48.9 Å². The zero-order valence-corrected chi connectivity index (χ0v) is 16.6. The van der Waals surface area contributed by atoms with Gasteiger partial charge in [-0.25, -0.2) is 0 Å². The van der Waals surface area contributed by atoms with Gasteiger partial charge in [0.1, 0.15) is 25.4 Å². The van der Waals surface area contributed by atoms with Crippen molar-refractivity contribution in [2.75, 3.05) is 13.7 Å². The van der Waals surface area contributed by atoms with Gasteiger partial charge in [0.15, 0.2) is 11.5 Å². The molecule has 0 aliphatic heterocycles. The number of ether oxygens (including phenoxy) is 3. The van der Waals surface area contributed by atoms with Crippen LogP contribution in [0.3, 0.4) is 0 Å². The highest BCUT2D eigenvalue weighted by atomic mass is 16.5. The molecule has 0 radical (unpaired) electrons. The van der Waals surface area contributed by atoms with Crippen molar-refractivity contribution in [3.8, 4) is 17.2 Å². The number of hydrogen-bond donors (Lipinski definition) is 1. The molecule has 3 aromatic rings. The molecule has 0 bridgehead atoms. The fourth-order valence-corrected chi connectivity index (χ4v) is 3.04. The van der Waals surface area contributed by atoms with E-state index in [-0.39, 0.29) is 0 Å². The van der Waals surface area contributed by atoms with Gasteiger partial charge < -0.3 is 19.5 Å². The van der Waals surface area contributed by atoms with Crippen LogP contribution in [-0.4, -0.2) is 13.7 Å². The normalized spacial score (nSPS) is 10.5. The zero-order chi connectivity index (χ0) is 19.6. The molecule has 0 saturated carbocycles. The second-order valence-electron chi connectivity index (χ2n) is 6.50. The second kappa shape index (κ2) is 10.4. The Morgan fingerprint density at radius 3 is 2.25 bits per heavy atom. The Kier molecular flexibility index (Phi) is 7.33. The molecular formula is C24H28NO3+. The van der Waals surface area contributed by atoms with Gasteiger partial charge in [-0.15, -0.1) is 0 Å². The first-order chi connectivity index (χ1) is 13.8. The topological polar surface area (TPSA) is 44.3 Å². The summed E-state index contributed by atoms with van der Waals surface area (Å²) in [6, 6.07) is 24.5. The highest BCUT2D eigenvalue weighted by Gasteiger charge is 2.13. The van der Waals surface area contributed by atoms with Crippen molar-refractivity contribution in [3.63, 3.8) is 0 Å². The van der Waals surface area contributed by atoms with Crippen molar-refractivity contribution in [1.29, 1.82) is 0 Å². The van der Waals surface area contributed by atoms with Crippen LogP contribution in [0.4, 0.5) is 0 Å². The molecule has 4 heteroatoms. The van der Waals surface area contributed by atoms with Gasteiger partial charge in [-0.1, -0.05) is 36.4 Å². The van der Waals surface area contributed by atoms with Crippen LogP contribution in [0.15, 0.2) is 72.8 Å². The summed E-state index contributed by atoms with van der Waals surface area (Å²) in [5, 5.41) is 2.27. The number of methoxy groups -OCH3 is 1. The zero-order valence-electron chi connectivity index (χ0n) is 16.6. The largest absolute Gasteiger partial charge is 0.497 e. The summed E-state index contributed by atoms with van der Waals surface area (Å²) in [4.78, 5) is 0. The van der Waals surface area contributed by atoms with Gasteiger partial charge in [0.2, 0.25) is 0 Å². The molecule has 3 aromatic carbocycles. The molecule has 0 amide bonds. The minimum Gasteiger partial charge on any atom is -0.497 e. The van der Waals surface area contributed by atoms with Crippen molar-refractivity contribution >= 4 is 0 Å². The maximum atomic E-state index is 6.18. The average molecular weight is 378 g/mol. The first-order valence-corrected chi connectivity index (χ1v) is 9.66. The predicted molar refractivity (Wildman–Crippen MR) is 111 cm³/mol. The third-order valence-corrected chi connectivity index (χ3v) is 4.49. The Hall–Kier alpha value is -2.98. The Morgan fingerprint density at radius 1 is 0.750 bits per heavy atom. The Labute approximate surface area is 167 Å². The van der Waals surface area contributed by atoms with Crippen molar-refractivity contribution in [2.45, 2.75) is 26.6 Å². The lowest BCUT2D eigenvalue weighted by atomic mass is 10.1. The molecule has 0 fully saturated rings. The van der Waals surface area contributed by atoms with Crippen molar-refractivity contribution in [3.05, 3.63) is 89.5 Å². The first kappa shape index (κ1) is 19.8. The van der Waals surface area contributed by atoms with Crippen LogP contribution in [-0.2, 0) is 19.7 Å². The van der Waals surface area contributed by atoms with E-state index in [0.29, 0.717) is 13.2 Å². The maximum absolute atomic E-state index is 6.18. The molecule has 0 aliphatic carbocycles. The van der Waals surface area contributed by atoms with E-state index in [2.05, 4.69) is 35.6 Å². The molecule has 0 aliphatic rings. The molecule has 0 atom stereocenters. The van der Waals surface area contributed by atoms with Crippen LogP contribution in [0.25, 0.3) is 0 Å². The molecule has 0 saturated heterocycles. The molecule has 2 N–H and O–H groups in total. The number of para-hydroxylation sites is 1. The lowest BCUT2D eigenvalue weighted by Crippen LogP contribution is -2.80. The minimum absolute atomic E-state index is 0.524. The molecule has 28 heavy (non-hydrogen) atoms. The summed E-state index contributed by atoms with van der Waals surface area (Å²) < 4.78 is 17.2. The number of hydrogen-bond acceptors (Lipinski definition) is 3. The van der Waals surface area contributed by atoms with Crippen LogP contribution < -0.4 is 19.5 Å². The molecule has 0 aromatic heterocycles. The Morgan fingerprint density at radius 2 is 1.54 bits per heavy atom. The van der Waals surface area contributed by atoms with Crippen LogP contribution in [0.2, 0.25) is 0 Å². The first-order valence-electron chi connectivity index (χ1n) is 9.66. The highest BCUT2D eigenvalue weighted by molar-refractivity contribution is 5.46. The fraction of sp³-hybridized carbons (Fsp3) is 0.250. The quantitative estimate of drug-likeness (QED) is 0.581. The summed E-state index contributed by atoms with van der Waals surface area (Å²) in [6.45, 7) is 4.83. The van der Waals surface area contributed by atoms with E-state index in [1.807, 2.05) is 49.4 Å². The number of rotatable bonds is 10. The van der Waals surface area contributed by atoms with E-state index in [4.69, 9.17) is 14.2 Å². The predicted octanol–water partition coefficient (Wildman–Crippen LogP) is 3.94. The lowest BCUT2D eigenvalue weighted by Gasteiger charge is -2.15.